The second-order valence-corrected chi connectivity index (χ2v) is 10.3. The zero-order valence-electron chi connectivity index (χ0n) is 22.2. The predicted molar refractivity (Wildman–Crippen MR) is 146 cm³/mol. The van der Waals surface area contributed by atoms with Gasteiger partial charge in [0, 0.05) is 17.9 Å². The number of nitrogens with one attached hydrogen (secondary N) is 4. The standard InChI is InChI=1S/C13H14N4O2.C13H18N4O2/c1-13(2,3)19-12(18)17-8-5-9(14-4)11-10(6-8)15-7-16-11;1-13(2,3)19-12(18)17-9-4-8(6-14)11-10(5-9)15-7-16-11/h5-7H,1-3H3,(H,15,16)(H,17,18);4-5,7H,6,14H2,1-3H3,(H,15,16)(H,17,18). The lowest BCUT2D eigenvalue weighted by atomic mass is 10.1. The minimum Gasteiger partial charge on any atom is -0.444 e. The highest BCUT2D eigenvalue weighted by atomic mass is 16.6. The molecule has 12 heteroatoms. The third-order valence-corrected chi connectivity index (χ3v) is 4.74. The number of aromatic amines is 2. The Kier molecular flexibility index (Phi) is 8.23. The van der Waals surface area contributed by atoms with E-state index in [2.05, 4.69) is 35.4 Å². The molecule has 4 rings (SSSR count). The topological polar surface area (TPSA) is 164 Å². The van der Waals surface area contributed by atoms with E-state index in [1.807, 2.05) is 20.8 Å². The van der Waals surface area contributed by atoms with Crippen molar-refractivity contribution in [2.75, 3.05) is 10.6 Å². The van der Waals surface area contributed by atoms with Crippen LogP contribution in [0.5, 0.6) is 0 Å². The molecule has 38 heavy (non-hydrogen) atoms. The van der Waals surface area contributed by atoms with E-state index in [-0.39, 0.29) is 0 Å². The van der Waals surface area contributed by atoms with E-state index in [4.69, 9.17) is 21.8 Å². The molecule has 2 aromatic carbocycles. The Bertz CT molecular complexity index is 1490. The summed E-state index contributed by atoms with van der Waals surface area (Å²) in [6.45, 7) is 18.3. The molecule has 0 radical (unpaired) electrons. The van der Waals surface area contributed by atoms with Crippen LogP contribution in [0.1, 0.15) is 47.1 Å². The number of amides is 2. The molecular formula is C26H32N8O4. The van der Waals surface area contributed by atoms with Gasteiger partial charge in [-0.2, -0.15) is 0 Å². The Morgan fingerprint density at radius 1 is 0.868 bits per heavy atom. The maximum absolute atomic E-state index is 11.7. The summed E-state index contributed by atoms with van der Waals surface area (Å²) in [4.78, 5) is 40.9. The molecule has 2 heterocycles. The second-order valence-electron chi connectivity index (χ2n) is 10.3. The molecule has 0 atom stereocenters. The maximum Gasteiger partial charge on any atom is 0.412 e. The molecule has 12 nitrogen and oxygen atoms in total. The summed E-state index contributed by atoms with van der Waals surface area (Å²) in [5, 5.41) is 5.29. The van der Waals surface area contributed by atoms with Crippen LogP contribution in [0.2, 0.25) is 0 Å². The Labute approximate surface area is 220 Å². The lowest BCUT2D eigenvalue weighted by Gasteiger charge is -2.19. The molecule has 2 aromatic heterocycles. The van der Waals surface area contributed by atoms with Gasteiger partial charge in [-0.05, 0) is 71.4 Å². The SMILES string of the molecule is CC(C)(C)OC(=O)Nc1cc(CN)c2nc[nH]c2c1.[C-]#[N+]c1cc(NC(=O)OC(C)(C)C)cc2[nH]cnc12. The van der Waals surface area contributed by atoms with Gasteiger partial charge in [0.2, 0.25) is 5.69 Å². The summed E-state index contributed by atoms with van der Waals surface area (Å²) in [5.41, 5.74) is 9.88. The summed E-state index contributed by atoms with van der Waals surface area (Å²) >= 11 is 0. The first-order valence-electron chi connectivity index (χ1n) is 11.8. The van der Waals surface area contributed by atoms with Crippen molar-refractivity contribution in [3.63, 3.8) is 0 Å². The number of hydrogen-bond acceptors (Lipinski definition) is 7. The highest BCUT2D eigenvalue weighted by Crippen LogP contribution is 2.28. The fourth-order valence-corrected chi connectivity index (χ4v) is 3.38. The van der Waals surface area contributed by atoms with Gasteiger partial charge in [-0.15, -0.1) is 0 Å². The van der Waals surface area contributed by atoms with Gasteiger partial charge in [0.25, 0.3) is 0 Å². The summed E-state index contributed by atoms with van der Waals surface area (Å²) in [6, 6.07) is 6.87. The molecule has 0 aliphatic heterocycles. The molecule has 4 aromatic rings. The van der Waals surface area contributed by atoms with Crippen LogP contribution in [-0.2, 0) is 16.0 Å². The van der Waals surface area contributed by atoms with Crippen molar-refractivity contribution in [1.82, 2.24) is 19.9 Å². The van der Waals surface area contributed by atoms with Crippen LogP contribution in [0.25, 0.3) is 26.9 Å². The van der Waals surface area contributed by atoms with Gasteiger partial charge in [0.05, 0.1) is 41.3 Å². The fourth-order valence-electron chi connectivity index (χ4n) is 3.38. The third kappa shape index (κ3) is 7.68. The molecule has 200 valence electrons. The van der Waals surface area contributed by atoms with Gasteiger partial charge < -0.3 is 25.2 Å². The maximum atomic E-state index is 11.7. The Morgan fingerprint density at radius 2 is 1.34 bits per heavy atom. The smallest absolute Gasteiger partial charge is 0.412 e. The zero-order chi connectivity index (χ0) is 28.1. The van der Waals surface area contributed by atoms with Gasteiger partial charge in [-0.3, -0.25) is 10.6 Å². The number of carbonyl (C=O) groups is 2. The van der Waals surface area contributed by atoms with Crippen LogP contribution in [0.4, 0.5) is 26.7 Å². The number of hydrogen-bond donors (Lipinski definition) is 5. The number of ether oxygens (including phenoxy) is 2. The van der Waals surface area contributed by atoms with Gasteiger partial charge >= 0.3 is 12.2 Å². The van der Waals surface area contributed by atoms with E-state index in [0.717, 1.165) is 16.6 Å². The molecular weight excluding hydrogens is 488 g/mol. The highest BCUT2D eigenvalue weighted by molar-refractivity contribution is 5.95. The number of fused-ring (bicyclic) bond motifs is 2. The lowest BCUT2D eigenvalue weighted by Crippen LogP contribution is -2.27. The first kappa shape index (κ1) is 27.9. The van der Waals surface area contributed by atoms with Crippen LogP contribution >= 0.6 is 0 Å². The minimum absolute atomic E-state index is 0.352. The Hall–Kier alpha value is -4.63. The molecule has 0 aliphatic carbocycles. The van der Waals surface area contributed by atoms with Crippen molar-refractivity contribution in [2.24, 2.45) is 5.73 Å². The average molecular weight is 521 g/mol. The number of H-pyrrole nitrogens is 2. The summed E-state index contributed by atoms with van der Waals surface area (Å²) in [7, 11) is 0. The number of rotatable bonds is 3. The number of carbonyl (C=O) groups excluding carboxylic acids is 2. The van der Waals surface area contributed by atoms with Crippen molar-refractivity contribution >= 4 is 51.3 Å². The lowest BCUT2D eigenvalue weighted by molar-refractivity contribution is 0.0624. The molecule has 0 spiro atoms. The van der Waals surface area contributed by atoms with Crippen molar-refractivity contribution in [3.8, 4) is 0 Å². The average Bonchev–Trinajstić information content (AvgIpc) is 3.45. The van der Waals surface area contributed by atoms with Gasteiger partial charge in [-0.25, -0.2) is 24.4 Å². The molecule has 0 fully saturated rings. The summed E-state index contributed by atoms with van der Waals surface area (Å²) in [6.07, 6.45) is 2.06. The Balaban J connectivity index is 0.000000211. The minimum atomic E-state index is -0.565. The quantitative estimate of drug-likeness (QED) is 0.212. The van der Waals surface area contributed by atoms with E-state index in [0.29, 0.717) is 34.6 Å². The first-order valence-corrected chi connectivity index (χ1v) is 11.8. The molecule has 0 aliphatic rings. The molecule has 2 amide bonds. The third-order valence-electron chi connectivity index (χ3n) is 4.74. The van der Waals surface area contributed by atoms with Crippen LogP contribution in [0.3, 0.4) is 0 Å². The van der Waals surface area contributed by atoms with Gasteiger partial charge in [0.15, 0.2) is 0 Å². The highest BCUT2D eigenvalue weighted by Gasteiger charge is 2.18. The summed E-state index contributed by atoms with van der Waals surface area (Å²) < 4.78 is 10.4. The number of anilines is 2. The summed E-state index contributed by atoms with van der Waals surface area (Å²) in [5.74, 6) is 0. The zero-order valence-corrected chi connectivity index (χ0v) is 22.2. The van der Waals surface area contributed by atoms with Gasteiger partial charge in [-0.1, -0.05) is 0 Å². The monoisotopic (exact) mass is 520 g/mol. The van der Waals surface area contributed by atoms with E-state index in [1.54, 1.807) is 51.4 Å². The van der Waals surface area contributed by atoms with Gasteiger partial charge in [0.1, 0.15) is 11.2 Å². The van der Waals surface area contributed by atoms with Crippen LogP contribution in [-0.4, -0.2) is 43.3 Å². The van der Waals surface area contributed by atoms with E-state index in [1.165, 1.54) is 6.33 Å². The van der Waals surface area contributed by atoms with Crippen LogP contribution in [0.15, 0.2) is 36.9 Å². The molecule has 0 saturated heterocycles. The van der Waals surface area contributed by atoms with Crippen molar-refractivity contribution in [2.45, 2.75) is 59.3 Å². The molecule has 0 unspecified atom stereocenters. The number of imidazole rings is 2. The van der Waals surface area contributed by atoms with E-state index >= 15 is 0 Å². The number of nitrogens with two attached hydrogens (primary N) is 1. The van der Waals surface area contributed by atoms with Crippen LogP contribution < -0.4 is 16.4 Å². The predicted octanol–water partition coefficient (Wildman–Crippen LogP) is 5.83. The van der Waals surface area contributed by atoms with E-state index in [9.17, 15) is 9.59 Å². The second kappa shape index (κ2) is 11.2. The number of nitrogens with zero attached hydrogens (tertiary/aromatic N) is 3. The molecule has 0 saturated carbocycles. The van der Waals surface area contributed by atoms with E-state index < -0.39 is 23.4 Å². The normalized spacial score (nSPS) is 11.3. The number of benzene rings is 2. The fraction of sp³-hybridized carbons (Fsp3) is 0.346. The Morgan fingerprint density at radius 3 is 1.82 bits per heavy atom. The van der Waals surface area contributed by atoms with Crippen molar-refractivity contribution in [1.29, 1.82) is 0 Å². The molecule has 0 bridgehead atoms. The van der Waals surface area contributed by atoms with Crippen LogP contribution in [0, 0.1) is 6.57 Å². The van der Waals surface area contributed by atoms with Crippen molar-refractivity contribution in [3.05, 3.63) is 53.9 Å². The first-order chi connectivity index (χ1) is 17.8. The molecule has 6 N–H and O–H groups in total. The largest absolute Gasteiger partial charge is 0.444 e. The van der Waals surface area contributed by atoms with Crippen molar-refractivity contribution < 1.29 is 19.1 Å². The number of aromatic nitrogens is 4.